The summed E-state index contributed by atoms with van der Waals surface area (Å²) in [5.41, 5.74) is 0. The maximum absolute atomic E-state index is 4.27. The Morgan fingerprint density at radius 3 is 3.20 bits per heavy atom. The molecule has 10 heavy (non-hydrogen) atoms. The number of hydrogen-bond acceptors (Lipinski definition) is 2. The molecule has 1 aliphatic rings. The largest absolute Gasteiger partial charge is 0.255 e. The van der Waals surface area contributed by atoms with E-state index >= 15 is 0 Å². The number of aliphatic imine (C=N–C) groups is 1. The fourth-order valence-electron chi connectivity index (χ4n) is 0.811. The average molecular weight is 155 g/mol. The van der Waals surface area contributed by atoms with Crippen LogP contribution >= 0.6 is 11.8 Å². The molecule has 0 aliphatic carbocycles. The lowest BCUT2D eigenvalue weighted by molar-refractivity contribution is 1.07. The average Bonchev–Trinajstić information content (AvgIpc) is 2.03. The highest BCUT2D eigenvalue weighted by Crippen LogP contribution is 2.14. The molecular formula is C8H13NS. The maximum atomic E-state index is 4.27. The SMILES string of the molecule is CCCSC1=NC=CCC1. The number of allylic oxidation sites excluding steroid dienone is 1. The van der Waals surface area contributed by atoms with Gasteiger partial charge >= 0.3 is 0 Å². The van der Waals surface area contributed by atoms with Crippen molar-refractivity contribution in [1.29, 1.82) is 0 Å². The summed E-state index contributed by atoms with van der Waals surface area (Å²) in [4.78, 5) is 4.27. The first-order valence-electron chi connectivity index (χ1n) is 3.78. The Morgan fingerprint density at radius 2 is 2.60 bits per heavy atom. The molecule has 0 N–H and O–H groups in total. The van der Waals surface area contributed by atoms with Gasteiger partial charge < -0.3 is 0 Å². The van der Waals surface area contributed by atoms with Crippen LogP contribution < -0.4 is 0 Å². The van der Waals surface area contributed by atoms with Gasteiger partial charge in [-0.15, -0.1) is 11.8 Å². The lowest BCUT2D eigenvalue weighted by Gasteiger charge is -2.04. The fraction of sp³-hybridized carbons (Fsp3) is 0.625. The first-order valence-corrected chi connectivity index (χ1v) is 4.76. The molecular weight excluding hydrogens is 142 g/mol. The molecule has 1 rings (SSSR count). The van der Waals surface area contributed by atoms with Crippen LogP contribution in [-0.4, -0.2) is 10.8 Å². The van der Waals surface area contributed by atoms with Gasteiger partial charge in [0.25, 0.3) is 0 Å². The van der Waals surface area contributed by atoms with Gasteiger partial charge in [0.05, 0.1) is 5.04 Å². The van der Waals surface area contributed by atoms with Crippen LogP contribution in [0.15, 0.2) is 17.3 Å². The van der Waals surface area contributed by atoms with Gasteiger partial charge in [0.2, 0.25) is 0 Å². The van der Waals surface area contributed by atoms with Crippen molar-refractivity contribution in [3.63, 3.8) is 0 Å². The van der Waals surface area contributed by atoms with E-state index in [-0.39, 0.29) is 0 Å². The predicted molar refractivity (Wildman–Crippen MR) is 48.6 cm³/mol. The van der Waals surface area contributed by atoms with Gasteiger partial charge in [0.1, 0.15) is 0 Å². The van der Waals surface area contributed by atoms with Crippen LogP contribution in [0, 0.1) is 0 Å². The Kier molecular flexibility index (Phi) is 3.58. The highest BCUT2D eigenvalue weighted by molar-refractivity contribution is 8.13. The molecule has 0 aromatic heterocycles. The normalized spacial score (nSPS) is 17.1. The van der Waals surface area contributed by atoms with Gasteiger partial charge in [0, 0.05) is 6.20 Å². The van der Waals surface area contributed by atoms with Crippen molar-refractivity contribution >= 4 is 16.8 Å². The molecule has 0 amide bonds. The Bertz CT molecular complexity index is 149. The van der Waals surface area contributed by atoms with E-state index in [1.54, 1.807) is 0 Å². The minimum Gasteiger partial charge on any atom is -0.255 e. The van der Waals surface area contributed by atoms with E-state index in [9.17, 15) is 0 Å². The first-order chi connectivity index (χ1) is 4.93. The molecule has 2 heteroatoms. The van der Waals surface area contributed by atoms with Crippen molar-refractivity contribution < 1.29 is 0 Å². The van der Waals surface area contributed by atoms with Crippen LogP contribution in [0.4, 0.5) is 0 Å². The zero-order valence-electron chi connectivity index (χ0n) is 6.34. The molecule has 1 nitrogen and oxygen atoms in total. The third kappa shape index (κ3) is 2.56. The molecule has 0 radical (unpaired) electrons. The molecule has 0 saturated heterocycles. The number of hydrogen-bond donors (Lipinski definition) is 0. The zero-order valence-corrected chi connectivity index (χ0v) is 7.16. The van der Waals surface area contributed by atoms with E-state index in [0.29, 0.717) is 0 Å². The second kappa shape index (κ2) is 4.56. The van der Waals surface area contributed by atoms with Crippen molar-refractivity contribution in [1.82, 2.24) is 0 Å². The van der Waals surface area contributed by atoms with Crippen molar-refractivity contribution in [3.8, 4) is 0 Å². The number of thioether (sulfide) groups is 1. The number of nitrogens with zero attached hydrogens (tertiary/aromatic N) is 1. The third-order valence-corrected chi connectivity index (χ3v) is 2.58. The molecule has 0 saturated carbocycles. The highest BCUT2D eigenvalue weighted by Gasteiger charge is 1.99. The summed E-state index contributed by atoms with van der Waals surface area (Å²) in [7, 11) is 0. The Hall–Kier alpha value is -0.240. The van der Waals surface area contributed by atoms with E-state index < -0.39 is 0 Å². The van der Waals surface area contributed by atoms with Gasteiger partial charge in [-0.3, -0.25) is 4.99 Å². The summed E-state index contributed by atoms with van der Waals surface area (Å²) in [6.07, 6.45) is 7.61. The summed E-state index contributed by atoms with van der Waals surface area (Å²) in [5.74, 6) is 1.21. The Labute approximate surface area is 66.6 Å². The predicted octanol–water partition coefficient (Wildman–Crippen LogP) is 2.84. The van der Waals surface area contributed by atoms with Gasteiger partial charge in [0.15, 0.2) is 0 Å². The lowest BCUT2D eigenvalue weighted by atomic mass is 10.3. The van der Waals surface area contributed by atoms with Gasteiger partial charge in [-0.05, 0) is 25.0 Å². The molecule has 0 spiro atoms. The van der Waals surface area contributed by atoms with E-state index in [1.165, 1.54) is 23.6 Å². The topological polar surface area (TPSA) is 12.4 Å². The Balaban J connectivity index is 2.25. The van der Waals surface area contributed by atoms with Gasteiger partial charge in [-0.2, -0.15) is 0 Å². The number of rotatable bonds is 2. The highest BCUT2D eigenvalue weighted by atomic mass is 32.2. The van der Waals surface area contributed by atoms with Crippen LogP contribution in [0.5, 0.6) is 0 Å². The summed E-state index contributed by atoms with van der Waals surface area (Å²) in [5, 5.41) is 1.31. The van der Waals surface area contributed by atoms with E-state index in [2.05, 4.69) is 18.0 Å². The van der Waals surface area contributed by atoms with Crippen LogP contribution in [0.25, 0.3) is 0 Å². The minimum atomic E-state index is 1.15. The van der Waals surface area contributed by atoms with Crippen LogP contribution in [0.3, 0.4) is 0 Å². The van der Waals surface area contributed by atoms with E-state index in [1.807, 2.05) is 18.0 Å². The summed E-state index contributed by atoms with van der Waals surface area (Å²) in [6.45, 7) is 2.20. The molecule has 0 bridgehead atoms. The Morgan fingerprint density at radius 1 is 1.70 bits per heavy atom. The molecule has 0 atom stereocenters. The molecule has 0 fully saturated rings. The zero-order chi connectivity index (χ0) is 7.23. The fourth-order valence-corrected chi connectivity index (χ4v) is 1.65. The molecule has 1 aliphatic heterocycles. The molecule has 0 aromatic rings. The lowest BCUT2D eigenvalue weighted by Crippen LogP contribution is -1.95. The summed E-state index contributed by atoms with van der Waals surface area (Å²) in [6, 6.07) is 0. The molecule has 56 valence electrons. The van der Waals surface area contributed by atoms with Crippen LogP contribution in [-0.2, 0) is 0 Å². The molecule has 0 unspecified atom stereocenters. The van der Waals surface area contributed by atoms with E-state index in [4.69, 9.17) is 0 Å². The van der Waals surface area contributed by atoms with Gasteiger partial charge in [-0.25, -0.2) is 0 Å². The molecule has 0 aromatic carbocycles. The quantitative estimate of drug-likeness (QED) is 0.597. The van der Waals surface area contributed by atoms with Crippen LogP contribution in [0.2, 0.25) is 0 Å². The minimum absolute atomic E-state index is 1.15. The summed E-state index contributed by atoms with van der Waals surface area (Å²) >= 11 is 1.90. The molecule has 1 heterocycles. The van der Waals surface area contributed by atoms with Crippen molar-refractivity contribution in [2.45, 2.75) is 26.2 Å². The second-order valence-electron chi connectivity index (χ2n) is 2.29. The summed E-state index contributed by atoms with van der Waals surface area (Å²) < 4.78 is 0. The standard InChI is InChI=1S/C8H13NS/c1-2-7-10-8-5-3-4-6-9-8/h4,6H,2-3,5,7H2,1H3. The first kappa shape index (κ1) is 7.86. The van der Waals surface area contributed by atoms with Crippen molar-refractivity contribution in [2.75, 3.05) is 5.75 Å². The second-order valence-corrected chi connectivity index (χ2v) is 3.46. The van der Waals surface area contributed by atoms with Crippen molar-refractivity contribution in [3.05, 3.63) is 12.3 Å². The van der Waals surface area contributed by atoms with Crippen molar-refractivity contribution in [2.24, 2.45) is 4.99 Å². The van der Waals surface area contributed by atoms with Crippen LogP contribution in [0.1, 0.15) is 26.2 Å². The van der Waals surface area contributed by atoms with E-state index in [0.717, 1.165) is 6.42 Å². The third-order valence-electron chi connectivity index (χ3n) is 1.32. The monoisotopic (exact) mass is 155 g/mol. The maximum Gasteiger partial charge on any atom is 0.0734 e. The van der Waals surface area contributed by atoms with Gasteiger partial charge in [-0.1, -0.05) is 13.0 Å². The smallest absolute Gasteiger partial charge is 0.0734 e.